The zero-order chi connectivity index (χ0) is 14.9. The van der Waals surface area contributed by atoms with Crippen LogP contribution in [0.15, 0.2) is 18.2 Å². The summed E-state index contributed by atoms with van der Waals surface area (Å²) in [5.41, 5.74) is 8.81. The van der Waals surface area contributed by atoms with Gasteiger partial charge in [0.2, 0.25) is 0 Å². The summed E-state index contributed by atoms with van der Waals surface area (Å²) in [6.07, 6.45) is 0. The molecule has 0 radical (unpaired) electrons. The molecule has 1 aromatic heterocycles. The first-order valence-electron chi connectivity index (χ1n) is 6.31. The van der Waals surface area contributed by atoms with Crippen molar-refractivity contribution < 1.29 is 4.79 Å². The first-order valence-corrected chi connectivity index (χ1v) is 6.69. The minimum atomic E-state index is -0.377. The lowest BCUT2D eigenvalue weighted by Gasteiger charge is -2.07. The summed E-state index contributed by atoms with van der Waals surface area (Å²) in [6.45, 7) is 5.87. The summed E-state index contributed by atoms with van der Waals surface area (Å²) in [4.78, 5) is 12.2. The second-order valence-electron chi connectivity index (χ2n) is 4.99. The number of aryl methyl sites for hydroxylation is 1. The van der Waals surface area contributed by atoms with Crippen LogP contribution in [0.5, 0.6) is 0 Å². The van der Waals surface area contributed by atoms with Crippen LogP contribution in [-0.2, 0) is 0 Å². The summed E-state index contributed by atoms with van der Waals surface area (Å²) in [7, 11) is 0. The van der Waals surface area contributed by atoms with Crippen molar-refractivity contribution in [1.29, 1.82) is 0 Å². The molecule has 20 heavy (non-hydrogen) atoms. The fourth-order valence-corrected chi connectivity index (χ4v) is 2.06. The van der Waals surface area contributed by atoms with E-state index in [1.807, 2.05) is 26.8 Å². The molecule has 0 saturated carbocycles. The van der Waals surface area contributed by atoms with Crippen LogP contribution in [0.1, 0.15) is 41.5 Å². The van der Waals surface area contributed by atoms with Crippen molar-refractivity contribution in [2.75, 3.05) is 11.1 Å². The number of hydrogen-bond donors (Lipinski definition) is 3. The standard InChI is InChI=1S/C14H17ClN4O/c1-7(2)12-11(16)13(19-18-12)14(20)17-10-6-8(3)4-5-9(10)15/h4-7H,16H2,1-3H3,(H,17,20)(H,18,19). The monoisotopic (exact) mass is 292 g/mol. The number of benzene rings is 1. The number of nitrogens with one attached hydrogen (secondary N) is 2. The third kappa shape index (κ3) is 2.77. The Kier molecular flexibility index (Phi) is 3.99. The molecule has 4 N–H and O–H groups in total. The zero-order valence-electron chi connectivity index (χ0n) is 11.6. The molecule has 6 heteroatoms. The van der Waals surface area contributed by atoms with Gasteiger partial charge in [-0.05, 0) is 30.5 Å². The minimum Gasteiger partial charge on any atom is -0.395 e. The molecule has 0 saturated heterocycles. The molecule has 1 heterocycles. The van der Waals surface area contributed by atoms with Crippen LogP contribution in [0.4, 0.5) is 11.4 Å². The molecular formula is C14H17ClN4O. The van der Waals surface area contributed by atoms with Gasteiger partial charge in [0.05, 0.1) is 22.1 Å². The fourth-order valence-electron chi connectivity index (χ4n) is 1.89. The van der Waals surface area contributed by atoms with E-state index in [9.17, 15) is 4.79 Å². The van der Waals surface area contributed by atoms with E-state index in [1.165, 1.54) is 0 Å². The van der Waals surface area contributed by atoms with Gasteiger partial charge in [0, 0.05) is 0 Å². The number of hydrogen-bond acceptors (Lipinski definition) is 3. The molecule has 0 aliphatic rings. The Morgan fingerprint density at radius 3 is 2.75 bits per heavy atom. The van der Waals surface area contributed by atoms with Crippen molar-refractivity contribution in [3.05, 3.63) is 40.2 Å². The van der Waals surface area contributed by atoms with E-state index < -0.39 is 0 Å². The number of nitrogen functional groups attached to an aromatic ring is 1. The van der Waals surface area contributed by atoms with Crippen molar-refractivity contribution in [2.24, 2.45) is 0 Å². The van der Waals surface area contributed by atoms with Crippen LogP contribution in [0.25, 0.3) is 0 Å². The van der Waals surface area contributed by atoms with Gasteiger partial charge in [-0.1, -0.05) is 31.5 Å². The Balaban J connectivity index is 2.26. The Morgan fingerprint density at radius 2 is 2.15 bits per heavy atom. The second kappa shape index (κ2) is 5.54. The molecule has 1 amide bonds. The third-order valence-corrected chi connectivity index (χ3v) is 3.33. The largest absolute Gasteiger partial charge is 0.395 e. The predicted octanol–water partition coefficient (Wildman–Crippen LogP) is 3.33. The molecule has 0 unspecified atom stereocenters. The molecule has 0 spiro atoms. The maximum absolute atomic E-state index is 12.2. The van der Waals surface area contributed by atoms with E-state index in [0.717, 1.165) is 11.3 Å². The van der Waals surface area contributed by atoms with E-state index in [4.69, 9.17) is 17.3 Å². The summed E-state index contributed by atoms with van der Waals surface area (Å²) in [5, 5.41) is 9.98. The van der Waals surface area contributed by atoms with Crippen LogP contribution in [-0.4, -0.2) is 16.1 Å². The van der Waals surface area contributed by atoms with E-state index >= 15 is 0 Å². The maximum atomic E-state index is 12.2. The quantitative estimate of drug-likeness (QED) is 0.811. The lowest BCUT2D eigenvalue weighted by molar-refractivity contribution is 0.102. The second-order valence-corrected chi connectivity index (χ2v) is 5.40. The number of carbonyl (C=O) groups is 1. The van der Waals surface area contributed by atoms with Crippen LogP contribution in [0.2, 0.25) is 5.02 Å². The van der Waals surface area contributed by atoms with E-state index in [1.54, 1.807) is 12.1 Å². The van der Waals surface area contributed by atoms with Gasteiger partial charge in [0.25, 0.3) is 5.91 Å². The molecule has 1 aromatic carbocycles. The van der Waals surface area contributed by atoms with Crippen molar-refractivity contribution in [1.82, 2.24) is 10.2 Å². The molecule has 2 aromatic rings. The van der Waals surface area contributed by atoms with Crippen LogP contribution >= 0.6 is 11.6 Å². The Bertz CT molecular complexity index is 649. The Labute approximate surface area is 122 Å². The highest BCUT2D eigenvalue weighted by Gasteiger charge is 2.19. The van der Waals surface area contributed by atoms with Crippen molar-refractivity contribution in [3.8, 4) is 0 Å². The van der Waals surface area contributed by atoms with Gasteiger partial charge in [0.1, 0.15) is 0 Å². The smallest absolute Gasteiger partial charge is 0.278 e. The fraction of sp³-hybridized carbons (Fsp3) is 0.286. The molecule has 2 rings (SSSR count). The number of aromatic amines is 1. The number of carbonyl (C=O) groups excluding carboxylic acids is 1. The number of H-pyrrole nitrogens is 1. The van der Waals surface area contributed by atoms with Crippen molar-refractivity contribution in [3.63, 3.8) is 0 Å². The molecule has 0 atom stereocenters. The highest BCUT2D eigenvalue weighted by Crippen LogP contribution is 2.26. The van der Waals surface area contributed by atoms with Crippen molar-refractivity contribution in [2.45, 2.75) is 26.7 Å². The van der Waals surface area contributed by atoms with E-state index in [0.29, 0.717) is 16.4 Å². The number of amides is 1. The van der Waals surface area contributed by atoms with Gasteiger partial charge in [-0.3, -0.25) is 9.89 Å². The number of nitrogens with two attached hydrogens (primary N) is 1. The van der Waals surface area contributed by atoms with Gasteiger partial charge < -0.3 is 11.1 Å². The normalized spacial score (nSPS) is 10.8. The lowest BCUT2D eigenvalue weighted by atomic mass is 10.1. The van der Waals surface area contributed by atoms with Gasteiger partial charge >= 0.3 is 0 Å². The number of rotatable bonds is 3. The lowest BCUT2D eigenvalue weighted by Crippen LogP contribution is -2.14. The maximum Gasteiger partial charge on any atom is 0.278 e. The Morgan fingerprint density at radius 1 is 1.45 bits per heavy atom. The summed E-state index contributed by atoms with van der Waals surface area (Å²) in [5.74, 6) is -0.204. The van der Waals surface area contributed by atoms with Crippen LogP contribution < -0.4 is 11.1 Å². The molecule has 0 bridgehead atoms. The number of halogens is 1. The van der Waals surface area contributed by atoms with Gasteiger partial charge in [-0.25, -0.2) is 0 Å². The van der Waals surface area contributed by atoms with Crippen LogP contribution in [0.3, 0.4) is 0 Å². The predicted molar refractivity (Wildman–Crippen MR) is 81.2 cm³/mol. The molecule has 0 aliphatic carbocycles. The van der Waals surface area contributed by atoms with E-state index in [-0.39, 0.29) is 17.5 Å². The van der Waals surface area contributed by atoms with E-state index in [2.05, 4.69) is 15.5 Å². The molecular weight excluding hydrogens is 276 g/mol. The van der Waals surface area contributed by atoms with Crippen LogP contribution in [0, 0.1) is 6.92 Å². The molecule has 0 aliphatic heterocycles. The number of anilines is 2. The highest BCUT2D eigenvalue weighted by atomic mass is 35.5. The average Bonchev–Trinajstić information content (AvgIpc) is 2.76. The summed E-state index contributed by atoms with van der Waals surface area (Å²) in [6, 6.07) is 5.41. The molecule has 0 fully saturated rings. The minimum absolute atomic E-state index is 0.173. The Hall–Kier alpha value is -2.01. The zero-order valence-corrected chi connectivity index (χ0v) is 12.4. The summed E-state index contributed by atoms with van der Waals surface area (Å²) < 4.78 is 0. The van der Waals surface area contributed by atoms with Gasteiger partial charge in [-0.2, -0.15) is 5.10 Å². The molecule has 5 nitrogen and oxygen atoms in total. The SMILES string of the molecule is Cc1ccc(Cl)c(NC(=O)c2n[nH]c(C(C)C)c2N)c1. The summed E-state index contributed by atoms with van der Waals surface area (Å²) >= 11 is 6.05. The van der Waals surface area contributed by atoms with Gasteiger partial charge in [0.15, 0.2) is 5.69 Å². The molecule has 106 valence electrons. The first-order chi connectivity index (χ1) is 9.40. The van der Waals surface area contributed by atoms with Crippen molar-refractivity contribution >= 4 is 28.9 Å². The average molecular weight is 293 g/mol. The van der Waals surface area contributed by atoms with Gasteiger partial charge in [-0.15, -0.1) is 0 Å². The topological polar surface area (TPSA) is 83.8 Å². The number of nitrogens with zero attached hydrogens (tertiary/aromatic N) is 1. The highest BCUT2D eigenvalue weighted by molar-refractivity contribution is 6.34. The first kappa shape index (κ1) is 14.4. The number of aromatic nitrogens is 2. The third-order valence-electron chi connectivity index (χ3n) is 3.00.